The van der Waals surface area contributed by atoms with E-state index in [1.54, 1.807) is 6.07 Å². The van der Waals surface area contributed by atoms with E-state index in [4.69, 9.17) is 0 Å². The van der Waals surface area contributed by atoms with Crippen molar-refractivity contribution in [2.24, 2.45) is 17.8 Å². The number of carbonyl (C=O) groups excluding carboxylic acids is 3. The van der Waals surface area contributed by atoms with E-state index in [0.29, 0.717) is 10.8 Å². The number of carbonyl (C=O) groups is 3. The molecule has 1 aromatic heterocycles. The average molecular weight is 456 g/mol. The monoisotopic (exact) mass is 455 g/mol. The lowest BCUT2D eigenvalue weighted by atomic mass is 9.53. The molecule has 0 radical (unpaired) electrons. The number of urea groups is 1. The van der Waals surface area contributed by atoms with E-state index in [1.165, 1.54) is 37.5 Å². The second-order valence-corrected chi connectivity index (χ2v) is 10.8. The highest BCUT2D eigenvalue weighted by Gasteiger charge is 2.51. The van der Waals surface area contributed by atoms with Crippen LogP contribution in [-0.4, -0.2) is 34.9 Å². The summed E-state index contributed by atoms with van der Waals surface area (Å²) in [6, 6.07) is 5.26. The number of nitrogens with one attached hydrogen (secondary N) is 4. The molecule has 9 heteroatoms. The number of thiazole rings is 1. The molecule has 0 spiro atoms. The minimum Gasteiger partial charge on any atom is -0.338 e. The van der Waals surface area contributed by atoms with E-state index in [0.717, 1.165) is 47.2 Å². The molecule has 4 aliphatic rings. The van der Waals surface area contributed by atoms with Crippen LogP contribution in [0.15, 0.2) is 18.2 Å². The standard InChI is InChI=1S/C23H29N5O3S/c1-13(29)25-17-2-3-18-19(9-17)32-22(26-18)27-20(30)4-5-24-21(31)28-23-10-14-6-15(11-23)8-16(7-14)12-23/h2-3,9,14-16H,4-8,10-12H2,1H3,(H,25,29)(H2,24,28,31)(H,26,27,30). The summed E-state index contributed by atoms with van der Waals surface area (Å²) >= 11 is 1.35. The van der Waals surface area contributed by atoms with Gasteiger partial charge in [-0.2, -0.15) is 0 Å². The Kier molecular flexibility index (Phi) is 5.53. The molecule has 1 aromatic carbocycles. The van der Waals surface area contributed by atoms with Crippen LogP contribution in [0.5, 0.6) is 0 Å². The molecule has 4 fully saturated rings. The molecule has 4 aliphatic carbocycles. The van der Waals surface area contributed by atoms with Crippen molar-refractivity contribution in [3.63, 3.8) is 0 Å². The van der Waals surface area contributed by atoms with Gasteiger partial charge in [-0.1, -0.05) is 11.3 Å². The summed E-state index contributed by atoms with van der Waals surface area (Å²) in [4.78, 5) is 40.4. The lowest BCUT2D eigenvalue weighted by Crippen LogP contribution is -2.61. The van der Waals surface area contributed by atoms with Crippen LogP contribution < -0.4 is 21.3 Å². The SMILES string of the molecule is CC(=O)Nc1ccc2nc(NC(=O)CCNC(=O)NC34CC5CC(CC(C5)C3)C4)sc2c1. The van der Waals surface area contributed by atoms with E-state index in [2.05, 4.69) is 26.3 Å². The first-order chi connectivity index (χ1) is 15.4. The second kappa shape index (κ2) is 8.35. The van der Waals surface area contributed by atoms with E-state index >= 15 is 0 Å². The third-order valence-corrected chi connectivity index (χ3v) is 7.94. The van der Waals surface area contributed by atoms with Gasteiger partial charge in [-0.25, -0.2) is 9.78 Å². The van der Waals surface area contributed by atoms with E-state index in [-0.39, 0.29) is 36.3 Å². The molecule has 0 atom stereocenters. The first-order valence-corrected chi connectivity index (χ1v) is 12.2. The number of hydrogen-bond acceptors (Lipinski definition) is 5. The Morgan fingerprint density at radius 1 is 1.06 bits per heavy atom. The van der Waals surface area contributed by atoms with Gasteiger partial charge in [-0.15, -0.1) is 0 Å². The number of amides is 4. The van der Waals surface area contributed by atoms with Crippen LogP contribution in [0.25, 0.3) is 10.2 Å². The Hall–Kier alpha value is -2.68. The van der Waals surface area contributed by atoms with Gasteiger partial charge in [0.2, 0.25) is 11.8 Å². The van der Waals surface area contributed by atoms with Crippen LogP contribution in [0.1, 0.15) is 51.9 Å². The Morgan fingerprint density at radius 2 is 1.75 bits per heavy atom. The van der Waals surface area contributed by atoms with Crippen molar-refractivity contribution < 1.29 is 14.4 Å². The number of fused-ring (bicyclic) bond motifs is 1. The lowest BCUT2D eigenvalue weighted by Gasteiger charge is -2.56. The van der Waals surface area contributed by atoms with Crippen molar-refractivity contribution in [2.75, 3.05) is 17.2 Å². The maximum absolute atomic E-state index is 12.5. The zero-order valence-electron chi connectivity index (χ0n) is 18.2. The lowest BCUT2D eigenvalue weighted by molar-refractivity contribution is -0.116. The molecule has 32 heavy (non-hydrogen) atoms. The largest absolute Gasteiger partial charge is 0.338 e. The number of anilines is 2. The Morgan fingerprint density at radius 3 is 2.41 bits per heavy atom. The molecule has 4 N–H and O–H groups in total. The van der Waals surface area contributed by atoms with Crippen LogP contribution in [0.3, 0.4) is 0 Å². The predicted molar refractivity (Wildman–Crippen MR) is 125 cm³/mol. The number of benzene rings is 1. The van der Waals surface area contributed by atoms with E-state index in [1.807, 2.05) is 12.1 Å². The fourth-order valence-electron chi connectivity index (χ4n) is 6.28. The van der Waals surface area contributed by atoms with Gasteiger partial charge in [-0.05, 0) is 74.5 Å². The number of aromatic nitrogens is 1. The van der Waals surface area contributed by atoms with Crippen molar-refractivity contribution >= 4 is 50.2 Å². The summed E-state index contributed by atoms with van der Waals surface area (Å²) in [7, 11) is 0. The van der Waals surface area contributed by atoms with Gasteiger partial charge in [0.15, 0.2) is 5.13 Å². The molecule has 6 rings (SSSR count). The Balaban J connectivity index is 1.09. The van der Waals surface area contributed by atoms with Gasteiger partial charge in [0, 0.05) is 31.1 Å². The first kappa shape index (κ1) is 21.2. The van der Waals surface area contributed by atoms with Gasteiger partial charge in [0.1, 0.15) is 0 Å². The van der Waals surface area contributed by atoms with Crippen molar-refractivity contribution in [3.8, 4) is 0 Å². The summed E-state index contributed by atoms with van der Waals surface area (Å²) in [5.41, 5.74) is 1.42. The van der Waals surface area contributed by atoms with Crippen LogP contribution in [0.2, 0.25) is 0 Å². The van der Waals surface area contributed by atoms with Crippen LogP contribution in [-0.2, 0) is 9.59 Å². The third kappa shape index (κ3) is 4.57. The highest BCUT2D eigenvalue weighted by Crippen LogP contribution is 2.55. The highest BCUT2D eigenvalue weighted by atomic mass is 32.1. The van der Waals surface area contributed by atoms with Crippen LogP contribution in [0, 0.1) is 17.8 Å². The Bertz CT molecular complexity index is 1030. The maximum atomic E-state index is 12.5. The molecule has 0 unspecified atom stereocenters. The fourth-order valence-corrected chi connectivity index (χ4v) is 7.20. The summed E-state index contributed by atoms with van der Waals surface area (Å²) < 4.78 is 0.875. The van der Waals surface area contributed by atoms with Crippen molar-refractivity contribution in [1.82, 2.24) is 15.6 Å². The van der Waals surface area contributed by atoms with Crippen LogP contribution >= 0.6 is 11.3 Å². The van der Waals surface area contributed by atoms with Gasteiger partial charge < -0.3 is 21.3 Å². The molecule has 0 aliphatic heterocycles. The topological polar surface area (TPSA) is 112 Å². The molecular formula is C23H29N5O3S. The number of hydrogen-bond donors (Lipinski definition) is 4. The second-order valence-electron chi connectivity index (χ2n) is 9.76. The third-order valence-electron chi connectivity index (χ3n) is 7.01. The fraction of sp³-hybridized carbons (Fsp3) is 0.565. The zero-order valence-corrected chi connectivity index (χ0v) is 19.0. The van der Waals surface area contributed by atoms with Crippen molar-refractivity contribution in [2.45, 2.75) is 57.4 Å². The zero-order chi connectivity index (χ0) is 22.3. The summed E-state index contributed by atoms with van der Waals surface area (Å²) in [5, 5.41) is 12.2. The van der Waals surface area contributed by atoms with E-state index in [9.17, 15) is 14.4 Å². The molecule has 2 aromatic rings. The maximum Gasteiger partial charge on any atom is 0.315 e. The number of nitrogens with zero attached hydrogens (tertiary/aromatic N) is 1. The normalized spacial score (nSPS) is 27.8. The van der Waals surface area contributed by atoms with Crippen molar-refractivity contribution in [1.29, 1.82) is 0 Å². The quantitative estimate of drug-likeness (QED) is 0.530. The molecule has 8 nitrogen and oxygen atoms in total. The highest BCUT2D eigenvalue weighted by molar-refractivity contribution is 7.22. The average Bonchev–Trinajstić information content (AvgIpc) is 3.07. The van der Waals surface area contributed by atoms with Gasteiger partial charge in [-0.3, -0.25) is 9.59 Å². The van der Waals surface area contributed by atoms with Crippen LogP contribution in [0.4, 0.5) is 15.6 Å². The summed E-state index contributed by atoms with van der Waals surface area (Å²) in [5.74, 6) is 1.99. The van der Waals surface area contributed by atoms with Crippen molar-refractivity contribution in [3.05, 3.63) is 18.2 Å². The number of rotatable bonds is 6. The van der Waals surface area contributed by atoms with E-state index < -0.39 is 0 Å². The summed E-state index contributed by atoms with van der Waals surface area (Å²) in [6.07, 6.45) is 7.51. The molecule has 4 bridgehead atoms. The van der Waals surface area contributed by atoms with Gasteiger partial charge in [0.05, 0.1) is 10.2 Å². The molecule has 1 heterocycles. The van der Waals surface area contributed by atoms with Gasteiger partial charge >= 0.3 is 6.03 Å². The summed E-state index contributed by atoms with van der Waals surface area (Å²) in [6.45, 7) is 1.74. The molecule has 170 valence electrons. The first-order valence-electron chi connectivity index (χ1n) is 11.4. The molecule has 4 amide bonds. The predicted octanol–water partition coefficient (Wildman–Crippen LogP) is 3.85. The minimum atomic E-state index is -0.193. The van der Waals surface area contributed by atoms with Gasteiger partial charge in [0.25, 0.3) is 0 Å². The Labute approximate surface area is 190 Å². The molecule has 4 saturated carbocycles. The smallest absolute Gasteiger partial charge is 0.315 e. The molecular weight excluding hydrogens is 426 g/mol. The molecule has 0 saturated heterocycles. The minimum absolute atomic E-state index is 0.0296.